The lowest BCUT2D eigenvalue weighted by Gasteiger charge is -2.34. The van der Waals surface area contributed by atoms with Gasteiger partial charge < -0.3 is 10.2 Å². The van der Waals surface area contributed by atoms with Crippen LogP contribution in [0.3, 0.4) is 0 Å². The molecule has 0 bridgehead atoms. The van der Waals surface area contributed by atoms with Gasteiger partial charge in [-0.15, -0.1) is 12.4 Å². The minimum Gasteiger partial charge on any atom is -0.337 e. The van der Waals surface area contributed by atoms with Crippen LogP contribution < -0.4 is 5.32 Å². The second-order valence-corrected chi connectivity index (χ2v) is 5.71. The van der Waals surface area contributed by atoms with Gasteiger partial charge in [0.25, 0.3) is 5.91 Å². The van der Waals surface area contributed by atoms with Crippen molar-refractivity contribution in [3.63, 3.8) is 0 Å². The van der Waals surface area contributed by atoms with E-state index in [0.717, 1.165) is 50.1 Å². The number of hydrogen-bond donors (Lipinski definition) is 1. The average molecular weight is 351 g/mol. The molecule has 0 radical (unpaired) electrons. The van der Waals surface area contributed by atoms with Crippen LogP contribution in [0.15, 0.2) is 24.3 Å². The van der Waals surface area contributed by atoms with Crippen molar-refractivity contribution in [2.24, 2.45) is 5.92 Å². The van der Waals surface area contributed by atoms with Gasteiger partial charge in [-0.05, 0) is 63.0 Å². The molecular weight excluding hydrogens is 329 g/mol. The number of carbonyl (C=O) groups excluding carboxylic acids is 1. The third-order valence-corrected chi connectivity index (χ3v) is 4.18. The van der Waals surface area contributed by atoms with Crippen LogP contribution in [0.1, 0.15) is 24.8 Å². The monoisotopic (exact) mass is 350 g/mol. The van der Waals surface area contributed by atoms with E-state index in [1.54, 1.807) is 0 Å². The molecule has 0 atom stereocenters. The predicted octanol–water partition coefficient (Wildman–Crippen LogP) is 3.19. The highest BCUT2D eigenvalue weighted by molar-refractivity contribution is 5.85. The third-order valence-electron chi connectivity index (χ3n) is 4.18. The van der Waals surface area contributed by atoms with E-state index in [1.165, 1.54) is 4.90 Å². The highest BCUT2D eigenvalue weighted by Gasteiger charge is 2.44. The molecule has 0 aliphatic carbocycles. The molecular formula is C16H22ClF3N2O. The minimum atomic E-state index is -3.61. The summed E-state index contributed by atoms with van der Waals surface area (Å²) in [5.74, 6) is -4.93. The van der Waals surface area contributed by atoms with Crippen molar-refractivity contribution in [3.05, 3.63) is 35.6 Å². The number of halogens is 4. The molecule has 1 aliphatic heterocycles. The second-order valence-electron chi connectivity index (χ2n) is 5.71. The predicted molar refractivity (Wildman–Crippen MR) is 85.4 cm³/mol. The smallest absolute Gasteiger partial charge is 0.337 e. The summed E-state index contributed by atoms with van der Waals surface area (Å²) in [4.78, 5) is 13.3. The van der Waals surface area contributed by atoms with E-state index in [9.17, 15) is 18.0 Å². The van der Waals surface area contributed by atoms with Crippen LogP contribution in [0.5, 0.6) is 0 Å². The fourth-order valence-corrected chi connectivity index (χ4v) is 2.75. The quantitative estimate of drug-likeness (QED) is 0.884. The van der Waals surface area contributed by atoms with E-state index in [1.807, 2.05) is 7.05 Å². The summed E-state index contributed by atoms with van der Waals surface area (Å²) in [6.45, 7) is 1.60. The van der Waals surface area contributed by atoms with Gasteiger partial charge in [0.05, 0.1) is 0 Å². The minimum absolute atomic E-state index is 0. The first-order chi connectivity index (χ1) is 10.4. The number of rotatable bonds is 5. The van der Waals surface area contributed by atoms with E-state index in [4.69, 9.17) is 0 Å². The lowest BCUT2D eigenvalue weighted by atomic mass is 9.93. The fraction of sp³-hybridized carbons (Fsp3) is 0.562. The zero-order chi connectivity index (χ0) is 16.2. The molecule has 1 aliphatic rings. The number of piperidine rings is 1. The average Bonchev–Trinajstić information content (AvgIpc) is 2.53. The number of carbonyl (C=O) groups is 1. The lowest BCUT2D eigenvalue weighted by molar-refractivity contribution is -0.160. The zero-order valence-corrected chi connectivity index (χ0v) is 13.8. The molecule has 0 aromatic heterocycles. The van der Waals surface area contributed by atoms with Crippen molar-refractivity contribution in [1.82, 2.24) is 10.2 Å². The van der Waals surface area contributed by atoms with E-state index in [0.29, 0.717) is 19.0 Å². The highest BCUT2D eigenvalue weighted by Crippen LogP contribution is 2.32. The van der Waals surface area contributed by atoms with E-state index >= 15 is 0 Å². The number of benzene rings is 1. The number of nitrogens with zero attached hydrogens (tertiary/aromatic N) is 1. The maximum atomic E-state index is 14.2. The summed E-state index contributed by atoms with van der Waals surface area (Å²) >= 11 is 0. The number of amides is 1. The maximum absolute atomic E-state index is 14.2. The Morgan fingerprint density at radius 3 is 2.35 bits per heavy atom. The first kappa shape index (κ1) is 19.8. The van der Waals surface area contributed by atoms with Gasteiger partial charge in [0.2, 0.25) is 0 Å². The Bertz CT molecular complexity index is 503. The van der Waals surface area contributed by atoms with Crippen LogP contribution in [0.25, 0.3) is 0 Å². The number of alkyl halides is 2. The van der Waals surface area contributed by atoms with Gasteiger partial charge in [-0.3, -0.25) is 4.79 Å². The van der Waals surface area contributed by atoms with Crippen LogP contribution in [0.2, 0.25) is 0 Å². The van der Waals surface area contributed by atoms with Gasteiger partial charge >= 0.3 is 5.92 Å². The molecule has 23 heavy (non-hydrogen) atoms. The molecule has 0 unspecified atom stereocenters. The molecule has 0 spiro atoms. The Morgan fingerprint density at radius 2 is 1.83 bits per heavy atom. The zero-order valence-electron chi connectivity index (χ0n) is 13.0. The molecule has 2 rings (SSSR count). The normalized spacial score (nSPS) is 16.1. The summed E-state index contributed by atoms with van der Waals surface area (Å²) < 4.78 is 41.3. The van der Waals surface area contributed by atoms with Crippen LogP contribution in [0, 0.1) is 11.7 Å². The molecule has 1 heterocycles. The number of nitrogens with one attached hydrogen (secondary N) is 1. The molecule has 1 aromatic carbocycles. The second kappa shape index (κ2) is 8.55. The molecule has 130 valence electrons. The molecule has 1 amide bonds. The molecule has 7 heteroatoms. The molecule has 1 N–H and O–H groups in total. The van der Waals surface area contributed by atoms with Crippen LogP contribution in [-0.4, -0.2) is 37.5 Å². The largest absolute Gasteiger partial charge is 0.349 e. The van der Waals surface area contributed by atoms with Gasteiger partial charge in [0.15, 0.2) is 0 Å². The van der Waals surface area contributed by atoms with Crippen LogP contribution in [-0.2, 0) is 10.7 Å². The van der Waals surface area contributed by atoms with Crippen molar-refractivity contribution < 1.29 is 18.0 Å². The summed E-state index contributed by atoms with van der Waals surface area (Å²) in [5, 5.41) is 3.07. The van der Waals surface area contributed by atoms with Gasteiger partial charge in [-0.2, -0.15) is 8.78 Å². The van der Waals surface area contributed by atoms with E-state index in [2.05, 4.69) is 5.32 Å². The Kier molecular flexibility index (Phi) is 7.35. The number of hydrogen-bond acceptors (Lipinski definition) is 2. The van der Waals surface area contributed by atoms with Crippen molar-refractivity contribution in [2.75, 3.05) is 26.7 Å². The third kappa shape index (κ3) is 4.85. The van der Waals surface area contributed by atoms with Crippen molar-refractivity contribution >= 4 is 18.3 Å². The standard InChI is InChI=1S/C16H21F3N2O.ClH/c1-20-9-6-12-7-10-21(11-8-12)15(22)16(18,19)13-2-4-14(17)5-3-13;/h2-5,12,20H,6-11H2,1H3;1H. The van der Waals surface area contributed by atoms with Crippen molar-refractivity contribution in [3.8, 4) is 0 Å². The summed E-state index contributed by atoms with van der Waals surface area (Å²) in [6, 6.07) is 3.82. The Hall–Kier alpha value is -1.27. The van der Waals surface area contributed by atoms with Gasteiger partial charge in [0.1, 0.15) is 5.82 Å². The Labute approximate surface area is 140 Å². The molecule has 1 aromatic rings. The van der Waals surface area contributed by atoms with Gasteiger partial charge in [0, 0.05) is 18.7 Å². The van der Waals surface area contributed by atoms with E-state index in [-0.39, 0.29) is 12.4 Å². The fourth-order valence-electron chi connectivity index (χ4n) is 2.75. The van der Waals surface area contributed by atoms with Gasteiger partial charge in [-0.25, -0.2) is 4.39 Å². The Balaban J connectivity index is 0.00000264. The Morgan fingerprint density at radius 1 is 1.26 bits per heavy atom. The van der Waals surface area contributed by atoms with Gasteiger partial charge in [-0.1, -0.05) is 0 Å². The van der Waals surface area contributed by atoms with Crippen LogP contribution >= 0.6 is 12.4 Å². The van der Waals surface area contributed by atoms with Crippen LogP contribution in [0.4, 0.5) is 13.2 Å². The maximum Gasteiger partial charge on any atom is 0.349 e. The lowest BCUT2D eigenvalue weighted by Crippen LogP contribution is -2.46. The molecule has 1 fully saturated rings. The SMILES string of the molecule is CNCCC1CCN(C(=O)C(F)(F)c2ccc(F)cc2)CC1.Cl. The van der Waals surface area contributed by atoms with E-state index < -0.39 is 23.2 Å². The first-order valence-corrected chi connectivity index (χ1v) is 7.53. The summed E-state index contributed by atoms with van der Waals surface area (Å²) in [7, 11) is 1.88. The van der Waals surface area contributed by atoms with Crippen molar-refractivity contribution in [1.29, 1.82) is 0 Å². The molecule has 3 nitrogen and oxygen atoms in total. The first-order valence-electron chi connectivity index (χ1n) is 7.53. The number of likely N-dealkylation sites (tertiary alicyclic amines) is 1. The summed E-state index contributed by atoms with van der Waals surface area (Å²) in [6.07, 6.45) is 2.48. The summed E-state index contributed by atoms with van der Waals surface area (Å²) in [5.41, 5.74) is -0.462. The van der Waals surface area contributed by atoms with Crippen molar-refractivity contribution in [2.45, 2.75) is 25.2 Å². The highest BCUT2D eigenvalue weighted by atomic mass is 35.5. The molecule has 1 saturated heterocycles. The molecule has 0 saturated carbocycles. The topological polar surface area (TPSA) is 32.3 Å².